The van der Waals surface area contributed by atoms with Crippen LogP contribution in [-0.4, -0.2) is 79.1 Å². The van der Waals surface area contributed by atoms with Crippen LogP contribution in [0.15, 0.2) is 54.6 Å². The van der Waals surface area contributed by atoms with Gasteiger partial charge in [-0.3, -0.25) is 9.69 Å². The number of benzene rings is 2. The molecule has 3 amide bonds. The number of piperidine rings is 1. The van der Waals surface area contributed by atoms with Crippen molar-refractivity contribution in [3.05, 3.63) is 65.7 Å². The summed E-state index contributed by atoms with van der Waals surface area (Å²) >= 11 is 0. The van der Waals surface area contributed by atoms with E-state index in [-0.39, 0.29) is 11.9 Å². The molecular formula is C28H38N4O3. The summed E-state index contributed by atoms with van der Waals surface area (Å²) in [6, 6.07) is 18.8. The van der Waals surface area contributed by atoms with E-state index in [4.69, 9.17) is 4.74 Å². The molecule has 2 heterocycles. The summed E-state index contributed by atoms with van der Waals surface area (Å²) in [6.45, 7) is 5.03. The van der Waals surface area contributed by atoms with Crippen molar-refractivity contribution in [1.29, 1.82) is 0 Å². The van der Waals surface area contributed by atoms with Crippen LogP contribution < -0.4 is 10.1 Å². The highest BCUT2D eigenvalue weighted by Gasteiger charge is 2.26. The Balaban J connectivity index is 1.18. The molecule has 4 rings (SSSR count). The Morgan fingerprint density at radius 2 is 1.60 bits per heavy atom. The number of hydrogen-bond donors (Lipinski definition) is 1. The minimum Gasteiger partial charge on any atom is -0.497 e. The molecule has 35 heavy (non-hydrogen) atoms. The van der Waals surface area contributed by atoms with Crippen LogP contribution in [0.3, 0.4) is 0 Å². The summed E-state index contributed by atoms with van der Waals surface area (Å²) in [5.74, 6) is 0.974. The number of nitrogens with one attached hydrogen (secondary N) is 1. The Morgan fingerprint density at radius 1 is 0.886 bits per heavy atom. The van der Waals surface area contributed by atoms with E-state index in [9.17, 15) is 9.59 Å². The molecule has 2 aliphatic rings. The summed E-state index contributed by atoms with van der Waals surface area (Å²) < 4.78 is 5.19. The number of amides is 3. The Hall–Kier alpha value is -3.06. The van der Waals surface area contributed by atoms with E-state index in [1.807, 2.05) is 40.1 Å². The maximum Gasteiger partial charge on any atom is 0.317 e. The zero-order valence-electron chi connectivity index (χ0n) is 20.8. The third kappa shape index (κ3) is 7.21. The molecule has 1 unspecified atom stereocenters. The number of rotatable bonds is 8. The van der Waals surface area contributed by atoms with Crippen molar-refractivity contribution in [2.75, 3.05) is 46.4 Å². The molecule has 2 fully saturated rings. The number of piperazine rings is 1. The number of likely N-dealkylation sites (tertiary alicyclic amines) is 1. The summed E-state index contributed by atoms with van der Waals surface area (Å²) in [5.41, 5.74) is 2.44. The van der Waals surface area contributed by atoms with Crippen LogP contribution in [0.5, 0.6) is 5.75 Å². The van der Waals surface area contributed by atoms with E-state index in [2.05, 4.69) is 34.5 Å². The van der Waals surface area contributed by atoms with Crippen LogP contribution in [0.25, 0.3) is 0 Å². The lowest BCUT2D eigenvalue weighted by Gasteiger charge is -2.37. The zero-order chi connectivity index (χ0) is 24.5. The maximum absolute atomic E-state index is 12.8. The van der Waals surface area contributed by atoms with Gasteiger partial charge in [-0.25, -0.2) is 4.79 Å². The second kappa shape index (κ2) is 12.6. The molecule has 1 atom stereocenters. The predicted octanol–water partition coefficient (Wildman–Crippen LogP) is 3.54. The van der Waals surface area contributed by atoms with E-state index in [0.29, 0.717) is 51.6 Å². The van der Waals surface area contributed by atoms with Crippen LogP contribution in [0.2, 0.25) is 0 Å². The highest BCUT2D eigenvalue weighted by molar-refractivity contribution is 5.78. The molecular weight excluding hydrogens is 440 g/mol. The van der Waals surface area contributed by atoms with Crippen molar-refractivity contribution in [2.45, 2.75) is 44.7 Å². The average Bonchev–Trinajstić information content (AvgIpc) is 2.92. The van der Waals surface area contributed by atoms with Gasteiger partial charge in [-0.1, -0.05) is 48.9 Å². The standard InChI is InChI=1S/C28H38N4O3/c1-35-26-13-10-23(11-14-26)12-15-27(33)30-17-19-31(20-18-30)28(34)29-21-25-9-5-6-16-32(25)22-24-7-3-2-4-8-24/h2-4,7-8,10-11,13-14,25H,5-6,9,12,15-22H2,1H3,(H,29,34). The number of urea groups is 1. The first-order valence-corrected chi connectivity index (χ1v) is 12.8. The summed E-state index contributed by atoms with van der Waals surface area (Å²) in [5, 5.41) is 3.17. The quantitative estimate of drug-likeness (QED) is 0.630. The van der Waals surface area contributed by atoms with Crippen LogP contribution in [0.1, 0.15) is 36.8 Å². The van der Waals surface area contributed by atoms with Gasteiger partial charge < -0.3 is 19.9 Å². The number of carbonyl (C=O) groups excluding carboxylic acids is 2. The van der Waals surface area contributed by atoms with Crippen LogP contribution in [0, 0.1) is 0 Å². The monoisotopic (exact) mass is 478 g/mol. The number of nitrogens with zero attached hydrogens (tertiary/aromatic N) is 3. The molecule has 1 N–H and O–H groups in total. The Kier molecular flexibility index (Phi) is 9.01. The second-order valence-corrected chi connectivity index (χ2v) is 9.51. The molecule has 0 bridgehead atoms. The lowest BCUT2D eigenvalue weighted by molar-refractivity contribution is -0.132. The number of carbonyl (C=O) groups is 2. The van der Waals surface area contributed by atoms with Crippen molar-refractivity contribution in [1.82, 2.24) is 20.0 Å². The molecule has 0 aromatic heterocycles. The Bertz CT molecular complexity index is 942. The fourth-order valence-electron chi connectivity index (χ4n) is 4.99. The largest absolute Gasteiger partial charge is 0.497 e. The minimum absolute atomic E-state index is 0.0134. The Morgan fingerprint density at radius 3 is 2.31 bits per heavy atom. The van der Waals surface area contributed by atoms with E-state index in [0.717, 1.165) is 30.8 Å². The zero-order valence-corrected chi connectivity index (χ0v) is 20.8. The Labute approximate surface area is 209 Å². The van der Waals surface area contributed by atoms with Gasteiger partial charge in [0.1, 0.15) is 5.75 Å². The average molecular weight is 479 g/mol. The molecule has 2 saturated heterocycles. The molecule has 0 radical (unpaired) electrons. The molecule has 7 heteroatoms. The fraction of sp³-hybridized carbons (Fsp3) is 0.500. The van der Waals surface area contributed by atoms with E-state index in [1.165, 1.54) is 18.4 Å². The number of ether oxygens (including phenoxy) is 1. The highest BCUT2D eigenvalue weighted by Crippen LogP contribution is 2.19. The summed E-state index contributed by atoms with van der Waals surface area (Å²) in [6.07, 6.45) is 4.74. The van der Waals surface area contributed by atoms with Gasteiger partial charge in [-0.2, -0.15) is 0 Å². The highest BCUT2D eigenvalue weighted by atomic mass is 16.5. The molecule has 0 saturated carbocycles. The van der Waals surface area contributed by atoms with Gasteiger partial charge in [-0.05, 0) is 49.1 Å². The van der Waals surface area contributed by atoms with Crippen LogP contribution in [0.4, 0.5) is 4.79 Å². The van der Waals surface area contributed by atoms with E-state index >= 15 is 0 Å². The first-order chi connectivity index (χ1) is 17.1. The molecule has 188 valence electrons. The van der Waals surface area contributed by atoms with Gasteiger partial charge >= 0.3 is 6.03 Å². The summed E-state index contributed by atoms with van der Waals surface area (Å²) in [7, 11) is 1.65. The van der Waals surface area contributed by atoms with Crippen LogP contribution in [-0.2, 0) is 17.8 Å². The van der Waals surface area contributed by atoms with Gasteiger partial charge in [0, 0.05) is 51.7 Å². The van der Waals surface area contributed by atoms with Gasteiger partial charge in [0.2, 0.25) is 5.91 Å². The third-order valence-corrected chi connectivity index (χ3v) is 7.17. The van der Waals surface area contributed by atoms with Crippen molar-refractivity contribution in [3.63, 3.8) is 0 Å². The molecule has 2 aromatic carbocycles. The number of hydrogen-bond acceptors (Lipinski definition) is 4. The van der Waals surface area contributed by atoms with Gasteiger partial charge in [-0.15, -0.1) is 0 Å². The normalized spacial score (nSPS) is 18.8. The van der Waals surface area contributed by atoms with Crippen molar-refractivity contribution < 1.29 is 14.3 Å². The fourth-order valence-corrected chi connectivity index (χ4v) is 4.99. The van der Waals surface area contributed by atoms with Crippen LogP contribution >= 0.6 is 0 Å². The van der Waals surface area contributed by atoms with E-state index < -0.39 is 0 Å². The SMILES string of the molecule is COc1ccc(CCC(=O)N2CCN(C(=O)NCC3CCCCN3Cc3ccccc3)CC2)cc1. The number of aryl methyl sites for hydroxylation is 1. The van der Waals surface area contributed by atoms with Crippen molar-refractivity contribution in [2.24, 2.45) is 0 Å². The molecule has 2 aliphatic heterocycles. The lowest BCUT2D eigenvalue weighted by atomic mass is 10.0. The smallest absolute Gasteiger partial charge is 0.317 e. The predicted molar refractivity (Wildman–Crippen MR) is 137 cm³/mol. The maximum atomic E-state index is 12.8. The van der Waals surface area contributed by atoms with Gasteiger partial charge in [0.25, 0.3) is 0 Å². The topological polar surface area (TPSA) is 65.1 Å². The summed E-state index contributed by atoms with van der Waals surface area (Å²) in [4.78, 5) is 31.7. The first-order valence-electron chi connectivity index (χ1n) is 12.8. The molecule has 2 aromatic rings. The molecule has 7 nitrogen and oxygen atoms in total. The van der Waals surface area contributed by atoms with Gasteiger partial charge in [0.15, 0.2) is 0 Å². The number of methoxy groups -OCH3 is 1. The minimum atomic E-state index is -0.0134. The lowest BCUT2D eigenvalue weighted by Crippen LogP contribution is -2.55. The van der Waals surface area contributed by atoms with E-state index in [1.54, 1.807) is 7.11 Å². The van der Waals surface area contributed by atoms with Crippen molar-refractivity contribution >= 4 is 11.9 Å². The first kappa shape index (κ1) is 25.0. The molecule has 0 spiro atoms. The van der Waals surface area contributed by atoms with Gasteiger partial charge in [0.05, 0.1) is 7.11 Å². The van der Waals surface area contributed by atoms with Crippen molar-refractivity contribution in [3.8, 4) is 5.75 Å². The third-order valence-electron chi connectivity index (χ3n) is 7.17. The second-order valence-electron chi connectivity index (χ2n) is 9.51. The molecule has 0 aliphatic carbocycles.